The molecule has 9 heteroatoms. The van der Waals surface area contributed by atoms with E-state index in [9.17, 15) is 9.18 Å². The van der Waals surface area contributed by atoms with E-state index in [0.717, 1.165) is 5.56 Å². The maximum absolute atomic E-state index is 14.0. The van der Waals surface area contributed by atoms with Crippen LogP contribution in [0.5, 0.6) is 0 Å². The van der Waals surface area contributed by atoms with Gasteiger partial charge in [0.1, 0.15) is 24.5 Å². The number of halogens is 2. The van der Waals surface area contributed by atoms with Crippen molar-refractivity contribution in [2.24, 2.45) is 0 Å². The van der Waals surface area contributed by atoms with Crippen LogP contribution in [0.4, 0.5) is 14.9 Å². The molecule has 0 unspecified atom stereocenters. The number of cyclic esters (lactones) is 1. The van der Waals surface area contributed by atoms with Gasteiger partial charge in [0, 0.05) is 16.3 Å². The molecule has 1 aromatic heterocycles. The fourth-order valence-corrected chi connectivity index (χ4v) is 3.90. The summed E-state index contributed by atoms with van der Waals surface area (Å²) in [5.74, 6) is 0.0636. The van der Waals surface area contributed by atoms with Gasteiger partial charge in [-0.3, -0.25) is 4.90 Å². The monoisotopic (exact) mass is 449 g/mol. The van der Waals surface area contributed by atoms with Crippen LogP contribution in [0, 0.1) is 5.82 Å². The first-order valence-corrected chi connectivity index (χ1v) is 10.3. The van der Waals surface area contributed by atoms with Crippen LogP contribution in [0.15, 0.2) is 78.9 Å². The van der Waals surface area contributed by atoms with Gasteiger partial charge in [0.15, 0.2) is 0 Å². The second kappa shape index (κ2) is 8.39. The highest BCUT2D eigenvalue weighted by Crippen LogP contribution is 2.38. The van der Waals surface area contributed by atoms with Crippen molar-refractivity contribution in [1.82, 2.24) is 20.2 Å². The van der Waals surface area contributed by atoms with Gasteiger partial charge in [-0.25, -0.2) is 9.18 Å². The van der Waals surface area contributed by atoms with E-state index in [2.05, 4.69) is 15.4 Å². The summed E-state index contributed by atoms with van der Waals surface area (Å²) < 4.78 is 19.7. The van der Waals surface area contributed by atoms with E-state index in [4.69, 9.17) is 16.3 Å². The summed E-state index contributed by atoms with van der Waals surface area (Å²) in [4.78, 5) is 15.7. The van der Waals surface area contributed by atoms with Gasteiger partial charge in [0.05, 0.1) is 0 Å². The molecule has 2 atom stereocenters. The highest BCUT2D eigenvalue weighted by molar-refractivity contribution is 6.30. The summed E-state index contributed by atoms with van der Waals surface area (Å²) >= 11 is 6.01. The fourth-order valence-electron chi connectivity index (χ4n) is 3.77. The second-order valence-electron chi connectivity index (χ2n) is 7.30. The molecule has 0 aliphatic carbocycles. The van der Waals surface area contributed by atoms with Crippen LogP contribution in [-0.4, -0.2) is 32.4 Å². The SMILES string of the molecule is O=C1O[C@@H](Cn2nnc(-c3ccccc3)n2)[C@H](c2cccc(F)c2)N1c1ccc(Cl)cc1. The van der Waals surface area contributed by atoms with Gasteiger partial charge in [-0.05, 0) is 47.2 Å². The van der Waals surface area contributed by atoms with E-state index in [1.807, 2.05) is 30.3 Å². The minimum atomic E-state index is -0.669. The Labute approximate surface area is 188 Å². The minimum Gasteiger partial charge on any atom is -0.441 e. The molecule has 0 N–H and O–H groups in total. The summed E-state index contributed by atoms with van der Waals surface area (Å²) in [5.41, 5.74) is 2.01. The summed E-state index contributed by atoms with van der Waals surface area (Å²) in [6.45, 7) is 0.150. The smallest absolute Gasteiger partial charge is 0.415 e. The van der Waals surface area contributed by atoms with Crippen LogP contribution in [0.25, 0.3) is 11.4 Å². The standard InChI is InChI=1S/C23H17ClFN5O2/c24-17-9-11-19(12-10-17)30-21(16-7-4-8-18(25)13-16)20(32-23(30)31)14-29-27-22(26-28-29)15-5-2-1-3-6-15/h1-13,20-21H,14H2/t20-,21-/m0/s1. The number of carbonyl (C=O) groups excluding carboxylic acids is 1. The number of rotatable bonds is 5. The molecular weight excluding hydrogens is 433 g/mol. The van der Waals surface area contributed by atoms with Crippen molar-refractivity contribution in [3.8, 4) is 11.4 Å². The van der Waals surface area contributed by atoms with Crippen molar-refractivity contribution in [3.05, 3.63) is 95.3 Å². The van der Waals surface area contributed by atoms with Crippen molar-refractivity contribution in [3.63, 3.8) is 0 Å². The lowest BCUT2D eigenvalue weighted by Gasteiger charge is -2.25. The quantitative estimate of drug-likeness (QED) is 0.433. The zero-order valence-corrected chi connectivity index (χ0v) is 17.4. The maximum atomic E-state index is 14.0. The molecule has 1 amide bonds. The van der Waals surface area contributed by atoms with Crippen LogP contribution in [0.3, 0.4) is 0 Å². The van der Waals surface area contributed by atoms with E-state index in [-0.39, 0.29) is 6.54 Å². The minimum absolute atomic E-state index is 0.150. The highest BCUT2D eigenvalue weighted by Gasteiger charge is 2.44. The molecule has 0 saturated carbocycles. The number of carbonyl (C=O) groups is 1. The van der Waals surface area contributed by atoms with Gasteiger partial charge >= 0.3 is 6.09 Å². The Morgan fingerprint density at radius 1 is 1.00 bits per heavy atom. The molecule has 0 radical (unpaired) electrons. The maximum Gasteiger partial charge on any atom is 0.415 e. The molecule has 1 fully saturated rings. The normalized spacial score (nSPS) is 18.1. The number of anilines is 1. The number of amides is 1. The fraction of sp³-hybridized carbons (Fsp3) is 0.130. The van der Waals surface area contributed by atoms with Crippen molar-refractivity contribution in [1.29, 1.82) is 0 Å². The molecule has 1 aliphatic rings. The third-order valence-electron chi connectivity index (χ3n) is 5.20. The third kappa shape index (κ3) is 3.92. The third-order valence-corrected chi connectivity index (χ3v) is 5.45. The number of benzene rings is 3. The Balaban J connectivity index is 1.49. The molecule has 5 rings (SSSR count). The number of nitrogens with zero attached hydrogens (tertiary/aromatic N) is 5. The zero-order chi connectivity index (χ0) is 22.1. The molecule has 0 bridgehead atoms. The highest BCUT2D eigenvalue weighted by atomic mass is 35.5. The van der Waals surface area contributed by atoms with Crippen molar-refractivity contribution in [2.75, 3.05) is 4.90 Å². The molecule has 1 aliphatic heterocycles. The summed E-state index contributed by atoms with van der Waals surface area (Å²) in [5, 5.41) is 13.2. The lowest BCUT2D eigenvalue weighted by Crippen LogP contribution is -2.31. The number of hydrogen-bond acceptors (Lipinski definition) is 5. The van der Waals surface area contributed by atoms with Crippen LogP contribution >= 0.6 is 11.6 Å². The molecule has 1 saturated heterocycles. The van der Waals surface area contributed by atoms with Crippen LogP contribution in [-0.2, 0) is 11.3 Å². The predicted molar refractivity (Wildman–Crippen MR) is 117 cm³/mol. The van der Waals surface area contributed by atoms with E-state index < -0.39 is 24.1 Å². The topological polar surface area (TPSA) is 73.1 Å². The first-order valence-electron chi connectivity index (χ1n) is 9.92. The zero-order valence-electron chi connectivity index (χ0n) is 16.7. The summed E-state index contributed by atoms with van der Waals surface area (Å²) in [6.07, 6.45) is -1.22. The Morgan fingerprint density at radius 2 is 1.78 bits per heavy atom. The Morgan fingerprint density at radius 3 is 2.53 bits per heavy atom. The largest absolute Gasteiger partial charge is 0.441 e. The molecule has 4 aromatic rings. The molecule has 32 heavy (non-hydrogen) atoms. The van der Waals surface area contributed by atoms with Crippen molar-refractivity contribution in [2.45, 2.75) is 18.7 Å². The molecule has 7 nitrogen and oxygen atoms in total. The van der Waals surface area contributed by atoms with Gasteiger partial charge < -0.3 is 4.74 Å². The number of ether oxygens (including phenoxy) is 1. The Bertz CT molecular complexity index is 1250. The van der Waals surface area contributed by atoms with E-state index in [1.54, 1.807) is 36.4 Å². The average molecular weight is 450 g/mol. The van der Waals surface area contributed by atoms with Crippen molar-refractivity contribution < 1.29 is 13.9 Å². The number of aromatic nitrogens is 4. The average Bonchev–Trinajstić information content (AvgIpc) is 3.39. The Kier molecular flexibility index (Phi) is 5.28. The Hall–Kier alpha value is -3.78. The number of hydrogen-bond donors (Lipinski definition) is 0. The second-order valence-corrected chi connectivity index (χ2v) is 7.74. The van der Waals surface area contributed by atoms with Crippen molar-refractivity contribution >= 4 is 23.4 Å². The number of tetrazole rings is 1. The van der Waals surface area contributed by atoms with E-state index >= 15 is 0 Å². The van der Waals surface area contributed by atoms with Gasteiger partial charge in [-0.15, -0.1) is 10.2 Å². The van der Waals surface area contributed by atoms with E-state index in [1.165, 1.54) is 21.8 Å². The first-order chi connectivity index (χ1) is 15.6. The first kappa shape index (κ1) is 20.1. The molecule has 160 valence electrons. The van der Waals surface area contributed by atoms with Crippen LogP contribution < -0.4 is 4.90 Å². The van der Waals surface area contributed by atoms with Gasteiger partial charge in [0.25, 0.3) is 0 Å². The van der Waals surface area contributed by atoms with Gasteiger partial charge in [-0.2, -0.15) is 4.80 Å². The predicted octanol–water partition coefficient (Wildman–Crippen LogP) is 4.90. The molecule has 0 spiro atoms. The summed E-state index contributed by atoms with van der Waals surface area (Å²) in [6, 6.07) is 21.8. The van der Waals surface area contributed by atoms with Gasteiger partial charge in [-0.1, -0.05) is 54.1 Å². The van der Waals surface area contributed by atoms with E-state index in [0.29, 0.717) is 22.1 Å². The lowest BCUT2D eigenvalue weighted by molar-refractivity contribution is 0.114. The van der Waals surface area contributed by atoms with Crippen LogP contribution in [0.2, 0.25) is 5.02 Å². The molecule has 3 aromatic carbocycles. The molecule has 2 heterocycles. The van der Waals surface area contributed by atoms with Gasteiger partial charge in [0.2, 0.25) is 5.82 Å². The lowest BCUT2D eigenvalue weighted by atomic mass is 10.00. The summed E-state index contributed by atoms with van der Waals surface area (Å²) in [7, 11) is 0. The van der Waals surface area contributed by atoms with Crippen LogP contribution in [0.1, 0.15) is 11.6 Å². The molecular formula is C23H17ClFN5O2.